The van der Waals surface area contributed by atoms with Crippen LogP contribution in [0.3, 0.4) is 0 Å². The van der Waals surface area contributed by atoms with Gasteiger partial charge in [0.2, 0.25) is 0 Å². The molecule has 0 aliphatic carbocycles. The van der Waals surface area contributed by atoms with Crippen LogP contribution in [0.2, 0.25) is 0 Å². The lowest BCUT2D eigenvalue weighted by Crippen LogP contribution is -2.02. The van der Waals surface area contributed by atoms with Crippen molar-refractivity contribution in [1.82, 2.24) is 0 Å². The maximum Gasteiger partial charge on any atom is 0.167 e. The van der Waals surface area contributed by atoms with E-state index in [0.29, 0.717) is 22.5 Å². The Kier molecular flexibility index (Phi) is 5.01. The van der Waals surface area contributed by atoms with Crippen molar-refractivity contribution in [3.63, 3.8) is 0 Å². The van der Waals surface area contributed by atoms with Gasteiger partial charge in [0.25, 0.3) is 0 Å². The molecule has 2 aromatic carbocycles. The number of nitrogens with one attached hydrogen (secondary N) is 1. The number of benzene rings is 2. The Morgan fingerprint density at radius 3 is 2.62 bits per heavy atom. The Hall–Kier alpha value is -1.82. The molecule has 0 bridgehead atoms. The van der Waals surface area contributed by atoms with Gasteiger partial charge in [-0.1, -0.05) is 6.92 Å². The molecule has 0 saturated carbocycles. The lowest BCUT2D eigenvalue weighted by atomic mass is 10.2. The summed E-state index contributed by atoms with van der Waals surface area (Å²) in [7, 11) is 0. The van der Waals surface area contributed by atoms with E-state index in [1.165, 1.54) is 18.2 Å². The van der Waals surface area contributed by atoms with Crippen LogP contribution in [0.5, 0.6) is 5.75 Å². The fourth-order valence-electron chi connectivity index (χ4n) is 1.73. The Labute approximate surface area is 130 Å². The third-order valence-corrected chi connectivity index (χ3v) is 3.37. The Morgan fingerprint density at radius 1 is 1.19 bits per heavy atom. The van der Waals surface area contributed by atoms with Gasteiger partial charge in [-0.2, -0.15) is 0 Å². The number of anilines is 3. The molecule has 0 amide bonds. The second kappa shape index (κ2) is 6.76. The SMILES string of the molecule is CCCOc1cc(Nc2ccc(F)c(Br)c2)c(N)cc1F. The lowest BCUT2D eigenvalue weighted by molar-refractivity contribution is 0.301. The number of nitrogen functional groups attached to an aromatic ring is 1. The van der Waals surface area contributed by atoms with Crippen LogP contribution in [0.1, 0.15) is 13.3 Å². The van der Waals surface area contributed by atoms with Gasteiger partial charge in [-0.15, -0.1) is 0 Å². The Bertz CT molecular complexity index is 650. The minimum Gasteiger partial charge on any atom is -0.490 e. The maximum absolute atomic E-state index is 13.7. The van der Waals surface area contributed by atoms with E-state index in [2.05, 4.69) is 21.2 Å². The summed E-state index contributed by atoms with van der Waals surface area (Å²) < 4.78 is 32.6. The third kappa shape index (κ3) is 3.85. The monoisotopic (exact) mass is 356 g/mol. The molecule has 0 unspecified atom stereocenters. The second-order valence-corrected chi connectivity index (χ2v) is 5.33. The van der Waals surface area contributed by atoms with Gasteiger partial charge in [-0.3, -0.25) is 0 Å². The molecule has 0 heterocycles. The van der Waals surface area contributed by atoms with Crippen LogP contribution in [0.25, 0.3) is 0 Å². The smallest absolute Gasteiger partial charge is 0.167 e. The van der Waals surface area contributed by atoms with Gasteiger partial charge in [0, 0.05) is 17.8 Å². The summed E-state index contributed by atoms with van der Waals surface area (Å²) in [4.78, 5) is 0. The van der Waals surface area contributed by atoms with Crippen molar-refractivity contribution in [2.45, 2.75) is 13.3 Å². The van der Waals surface area contributed by atoms with Crippen LogP contribution < -0.4 is 15.8 Å². The number of hydrogen-bond acceptors (Lipinski definition) is 3. The summed E-state index contributed by atoms with van der Waals surface area (Å²) in [5.74, 6) is -0.735. The first kappa shape index (κ1) is 15.6. The van der Waals surface area contributed by atoms with Crippen molar-refractivity contribution in [3.8, 4) is 5.75 Å². The minimum atomic E-state index is -0.508. The van der Waals surface area contributed by atoms with Crippen LogP contribution in [-0.2, 0) is 0 Å². The van der Waals surface area contributed by atoms with Gasteiger partial charge in [0.1, 0.15) is 5.82 Å². The predicted octanol–water partition coefficient (Wildman–Crippen LogP) is 4.84. The molecule has 0 fully saturated rings. The van der Waals surface area contributed by atoms with Crippen LogP contribution >= 0.6 is 15.9 Å². The molecule has 0 spiro atoms. The normalized spacial score (nSPS) is 10.5. The van der Waals surface area contributed by atoms with Crippen LogP contribution in [0.4, 0.5) is 25.8 Å². The molecular formula is C15H15BrF2N2O. The number of hydrogen-bond donors (Lipinski definition) is 2. The molecule has 6 heteroatoms. The molecule has 2 rings (SSSR count). The highest BCUT2D eigenvalue weighted by molar-refractivity contribution is 9.10. The zero-order chi connectivity index (χ0) is 15.4. The summed E-state index contributed by atoms with van der Waals surface area (Å²) in [6, 6.07) is 7.16. The minimum absolute atomic E-state index is 0.134. The zero-order valence-corrected chi connectivity index (χ0v) is 13.0. The van der Waals surface area contributed by atoms with Gasteiger partial charge in [-0.05, 0) is 40.5 Å². The molecule has 21 heavy (non-hydrogen) atoms. The highest BCUT2D eigenvalue weighted by atomic mass is 79.9. The van der Waals surface area contributed by atoms with E-state index in [1.807, 2.05) is 6.92 Å². The zero-order valence-electron chi connectivity index (χ0n) is 11.4. The number of ether oxygens (including phenoxy) is 1. The topological polar surface area (TPSA) is 47.3 Å². The molecule has 3 N–H and O–H groups in total. The Morgan fingerprint density at radius 2 is 1.95 bits per heavy atom. The quantitative estimate of drug-likeness (QED) is 0.753. The molecule has 0 saturated heterocycles. The first-order valence-electron chi connectivity index (χ1n) is 6.45. The third-order valence-electron chi connectivity index (χ3n) is 2.76. The van der Waals surface area contributed by atoms with E-state index in [0.717, 1.165) is 6.42 Å². The lowest BCUT2D eigenvalue weighted by Gasteiger charge is -2.13. The summed E-state index contributed by atoms with van der Waals surface area (Å²) in [5, 5.41) is 3.02. The van der Waals surface area contributed by atoms with Gasteiger partial charge < -0.3 is 15.8 Å². The Balaban J connectivity index is 2.28. The largest absolute Gasteiger partial charge is 0.490 e. The molecule has 112 valence electrons. The van der Waals surface area contributed by atoms with Gasteiger partial charge in [-0.25, -0.2) is 8.78 Å². The van der Waals surface area contributed by atoms with Gasteiger partial charge in [0.05, 0.1) is 22.5 Å². The van der Waals surface area contributed by atoms with Crippen molar-refractivity contribution in [3.05, 3.63) is 46.4 Å². The predicted molar refractivity (Wildman–Crippen MR) is 84.0 cm³/mol. The summed E-state index contributed by atoms with van der Waals surface area (Å²) in [6.07, 6.45) is 0.775. The molecule has 0 aliphatic rings. The second-order valence-electron chi connectivity index (χ2n) is 4.47. The molecule has 0 atom stereocenters. The van der Waals surface area contributed by atoms with Gasteiger partial charge >= 0.3 is 0 Å². The maximum atomic E-state index is 13.7. The van der Waals surface area contributed by atoms with E-state index >= 15 is 0 Å². The number of rotatable bonds is 5. The van der Waals surface area contributed by atoms with Crippen molar-refractivity contribution in [1.29, 1.82) is 0 Å². The molecule has 3 nitrogen and oxygen atoms in total. The molecule has 0 aliphatic heterocycles. The fraction of sp³-hybridized carbons (Fsp3) is 0.200. The van der Waals surface area contributed by atoms with Crippen molar-refractivity contribution >= 4 is 33.0 Å². The average Bonchev–Trinajstić information content (AvgIpc) is 2.44. The van der Waals surface area contributed by atoms with E-state index in [9.17, 15) is 8.78 Å². The van der Waals surface area contributed by atoms with Crippen LogP contribution in [0.15, 0.2) is 34.8 Å². The first-order valence-corrected chi connectivity index (χ1v) is 7.24. The van der Waals surface area contributed by atoms with E-state index in [1.54, 1.807) is 12.1 Å². The highest BCUT2D eigenvalue weighted by Crippen LogP contribution is 2.31. The standard InChI is InChI=1S/C15H15BrF2N2O/c1-2-5-21-15-8-14(13(19)7-12(15)18)20-9-3-4-11(17)10(16)6-9/h3-4,6-8,20H,2,5,19H2,1H3. The first-order chi connectivity index (χ1) is 10.0. The number of halogens is 3. The molecule has 0 radical (unpaired) electrons. The fourth-order valence-corrected chi connectivity index (χ4v) is 2.11. The summed E-state index contributed by atoms with van der Waals surface area (Å²) in [6.45, 7) is 2.35. The molecular weight excluding hydrogens is 342 g/mol. The number of nitrogens with two attached hydrogens (primary N) is 1. The van der Waals surface area contributed by atoms with Crippen molar-refractivity contribution in [2.24, 2.45) is 0 Å². The summed E-state index contributed by atoms with van der Waals surface area (Å²) in [5.41, 5.74) is 7.17. The van der Waals surface area contributed by atoms with Crippen LogP contribution in [0, 0.1) is 11.6 Å². The highest BCUT2D eigenvalue weighted by Gasteiger charge is 2.10. The van der Waals surface area contributed by atoms with E-state index in [-0.39, 0.29) is 17.3 Å². The van der Waals surface area contributed by atoms with Crippen molar-refractivity contribution in [2.75, 3.05) is 17.7 Å². The molecule has 0 aromatic heterocycles. The summed E-state index contributed by atoms with van der Waals surface area (Å²) >= 11 is 3.11. The average molecular weight is 357 g/mol. The van der Waals surface area contributed by atoms with Crippen molar-refractivity contribution < 1.29 is 13.5 Å². The van der Waals surface area contributed by atoms with E-state index in [4.69, 9.17) is 10.5 Å². The van der Waals surface area contributed by atoms with E-state index < -0.39 is 5.82 Å². The van der Waals surface area contributed by atoms with Gasteiger partial charge in [0.15, 0.2) is 11.6 Å². The van der Waals surface area contributed by atoms with Crippen LogP contribution in [-0.4, -0.2) is 6.61 Å². The molecule has 2 aromatic rings.